The van der Waals surface area contributed by atoms with E-state index in [2.05, 4.69) is 19.1 Å². The zero-order valence-corrected chi connectivity index (χ0v) is 15.0. The maximum atomic E-state index is 6.16. The maximum Gasteiger partial charge on any atom is 0.140 e. The molecule has 0 atom stereocenters. The zero-order chi connectivity index (χ0) is 17.5. The first kappa shape index (κ1) is 15.6. The lowest BCUT2D eigenvalue weighted by Gasteiger charge is -2.11. The van der Waals surface area contributed by atoms with Crippen molar-refractivity contribution < 1.29 is 0 Å². The molecule has 0 aliphatic heterocycles. The third-order valence-electron chi connectivity index (χ3n) is 4.88. The molecule has 1 aliphatic carbocycles. The Hall–Kier alpha value is -2.66. The number of nitrogens with zero attached hydrogens (tertiary/aromatic N) is 5. The van der Waals surface area contributed by atoms with E-state index in [1.54, 1.807) is 6.20 Å². The summed E-state index contributed by atoms with van der Waals surface area (Å²) in [5.74, 6) is 2.71. The van der Waals surface area contributed by atoms with E-state index in [1.165, 1.54) is 12.8 Å². The van der Waals surface area contributed by atoms with Gasteiger partial charge in [0.25, 0.3) is 0 Å². The largest absolute Gasteiger partial charge is 0.325 e. The van der Waals surface area contributed by atoms with Gasteiger partial charge in [-0.2, -0.15) is 0 Å². The van der Waals surface area contributed by atoms with Crippen molar-refractivity contribution in [3.05, 3.63) is 66.0 Å². The lowest BCUT2D eigenvalue weighted by Crippen LogP contribution is -2.10. The van der Waals surface area contributed by atoms with Gasteiger partial charge in [-0.05, 0) is 37.0 Å². The molecule has 0 bridgehead atoms. The molecular formula is C20H18ClN5. The van der Waals surface area contributed by atoms with Gasteiger partial charge in [-0.3, -0.25) is 4.98 Å². The molecule has 6 heteroatoms. The standard InChI is InChI=1S/C20H18ClN5/c21-16-3-1-2-15(10-16)20-23-8-9-25(20)13-19-24-17-6-7-22-11-18(17)26(19)12-14-4-5-14/h1-3,6-11,14H,4-5,12-13H2. The second kappa shape index (κ2) is 6.25. The van der Waals surface area contributed by atoms with Crippen LogP contribution < -0.4 is 0 Å². The number of fused-ring (bicyclic) bond motifs is 1. The number of halogens is 1. The molecule has 0 unspecified atom stereocenters. The second-order valence-corrected chi connectivity index (χ2v) is 7.27. The summed E-state index contributed by atoms with van der Waals surface area (Å²) < 4.78 is 4.45. The molecule has 26 heavy (non-hydrogen) atoms. The van der Waals surface area contributed by atoms with Gasteiger partial charge in [0.15, 0.2) is 0 Å². The summed E-state index contributed by atoms with van der Waals surface area (Å²) in [5.41, 5.74) is 3.12. The topological polar surface area (TPSA) is 48.5 Å². The van der Waals surface area contributed by atoms with Crippen molar-refractivity contribution in [2.24, 2.45) is 5.92 Å². The number of hydrogen-bond donors (Lipinski definition) is 0. The number of hydrogen-bond acceptors (Lipinski definition) is 3. The second-order valence-electron chi connectivity index (χ2n) is 6.84. The Morgan fingerprint density at radius 1 is 1.15 bits per heavy atom. The number of imidazole rings is 2. The molecule has 1 aromatic carbocycles. The number of rotatable bonds is 5. The van der Waals surface area contributed by atoms with Crippen LogP contribution in [-0.2, 0) is 13.1 Å². The van der Waals surface area contributed by atoms with Crippen molar-refractivity contribution in [1.29, 1.82) is 0 Å². The van der Waals surface area contributed by atoms with Gasteiger partial charge in [0, 0.05) is 35.7 Å². The molecule has 0 saturated heterocycles. The number of pyridine rings is 1. The van der Waals surface area contributed by atoms with E-state index in [4.69, 9.17) is 16.6 Å². The highest BCUT2D eigenvalue weighted by molar-refractivity contribution is 6.30. The predicted molar refractivity (Wildman–Crippen MR) is 102 cm³/mol. The Morgan fingerprint density at radius 3 is 2.92 bits per heavy atom. The average Bonchev–Trinajstić information content (AvgIpc) is 3.24. The fourth-order valence-corrected chi connectivity index (χ4v) is 3.57. The van der Waals surface area contributed by atoms with Crippen molar-refractivity contribution in [3.63, 3.8) is 0 Å². The van der Waals surface area contributed by atoms with Crippen molar-refractivity contribution in [2.75, 3.05) is 0 Å². The molecule has 0 radical (unpaired) electrons. The summed E-state index contributed by atoms with van der Waals surface area (Å²) in [5, 5.41) is 0.712. The molecule has 5 nitrogen and oxygen atoms in total. The van der Waals surface area contributed by atoms with Crippen LogP contribution in [0.4, 0.5) is 0 Å². The van der Waals surface area contributed by atoms with E-state index in [9.17, 15) is 0 Å². The Kier molecular flexibility index (Phi) is 3.75. The van der Waals surface area contributed by atoms with Gasteiger partial charge in [-0.25, -0.2) is 9.97 Å². The Balaban J connectivity index is 1.55. The van der Waals surface area contributed by atoms with Crippen LogP contribution in [0.25, 0.3) is 22.4 Å². The highest BCUT2D eigenvalue weighted by Gasteiger charge is 2.24. The molecular weight excluding hydrogens is 346 g/mol. The predicted octanol–water partition coefficient (Wildman–Crippen LogP) is 4.41. The summed E-state index contributed by atoms with van der Waals surface area (Å²) in [7, 11) is 0. The molecule has 0 amide bonds. The minimum Gasteiger partial charge on any atom is -0.325 e. The van der Waals surface area contributed by atoms with Gasteiger partial charge >= 0.3 is 0 Å². The van der Waals surface area contributed by atoms with Gasteiger partial charge in [-0.1, -0.05) is 23.7 Å². The van der Waals surface area contributed by atoms with E-state index < -0.39 is 0 Å². The van der Waals surface area contributed by atoms with Crippen LogP contribution in [0.1, 0.15) is 18.7 Å². The third kappa shape index (κ3) is 2.88. The van der Waals surface area contributed by atoms with Gasteiger partial charge in [0.1, 0.15) is 11.6 Å². The summed E-state index contributed by atoms with van der Waals surface area (Å²) in [4.78, 5) is 13.7. The highest BCUT2D eigenvalue weighted by Crippen LogP contribution is 2.32. The van der Waals surface area contributed by atoms with Gasteiger partial charge in [0.05, 0.1) is 23.8 Å². The minimum absolute atomic E-state index is 0.670. The van der Waals surface area contributed by atoms with E-state index in [1.807, 2.05) is 48.9 Å². The highest BCUT2D eigenvalue weighted by atomic mass is 35.5. The molecule has 1 saturated carbocycles. The summed E-state index contributed by atoms with van der Waals surface area (Å²) in [6.45, 7) is 1.68. The smallest absolute Gasteiger partial charge is 0.140 e. The molecule has 1 fully saturated rings. The third-order valence-corrected chi connectivity index (χ3v) is 5.11. The van der Waals surface area contributed by atoms with E-state index in [-0.39, 0.29) is 0 Å². The lowest BCUT2D eigenvalue weighted by atomic mass is 10.2. The Morgan fingerprint density at radius 2 is 2.08 bits per heavy atom. The van der Waals surface area contributed by atoms with Gasteiger partial charge < -0.3 is 9.13 Å². The van der Waals surface area contributed by atoms with Crippen LogP contribution in [0.3, 0.4) is 0 Å². The molecule has 5 rings (SSSR count). The van der Waals surface area contributed by atoms with Crippen molar-refractivity contribution in [1.82, 2.24) is 24.1 Å². The first-order valence-electron chi connectivity index (χ1n) is 8.84. The zero-order valence-electron chi connectivity index (χ0n) is 14.2. The summed E-state index contributed by atoms with van der Waals surface area (Å²) >= 11 is 6.16. The number of aromatic nitrogens is 5. The van der Waals surface area contributed by atoms with Crippen molar-refractivity contribution in [3.8, 4) is 11.4 Å². The maximum absolute atomic E-state index is 6.16. The number of benzene rings is 1. The lowest BCUT2D eigenvalue weighted by molar-refractivity contribution is 0.592. The molecule has 3 heterocycles. The SMILES string of the molecule is Clc1cccc(-c2nccn2Cc2nc3ccncc3n2CC2CC2)c1. The molecule has 130 valence electrons. The summed E-state index contributed by atoms with van der Waals surface area (Å²) in [6.07, 6.45) is 10.1. The first-order valence-corrected chi connectivity index (χ1v) is 9.22. The van der Waals surface area contributed by atoms with Crippen LogP contribution in [0, 0.1) is 5.92 Å². The van der Waals surface area contributed by atoms with Crippen molar-refractivity contribution >= 4 is 22.6 Å². The molecule has 0 N–H and O–H groups in total. The quantitative estimate of drug-likeness (QED) is 0.527. The van der Waals surface area contributed by atoms with Crippen LogP contribution >= 0.6 is 11.6 Å². The molecule has 4 aromatic rings. The average molecular weight is 364 g/mol. The van der Waals surface area contributed by atoms with Gasteiger partial charge in [-0.15, -0.1) is 0 Å². The monoisotopic (exact) mass is 363 g/mol. The molecule has 0 spiro atoms. The minimum atomic E-state index is 0.670. The van der Waals surface area contributed by atoms with Gasteiger partial charge in [0.2, 0.25) is 0 Å². The van der Waals surface area contributed by atoms with Crippen LogP contribution in [-0.4, -0.2) is 24.1 Å². The van der Waals surface area contributed by atoms with E-state index in [0.29, 0.717) is 11.6 Å². The normalized spacial score (nSPS) is 14.2. The van der Waals surface area contributed by atoms with Crippen molar-refractivity contribution in [2.45, 2.75) is 25.9 Å². The molecule has 1 aliphatic rings. The summed E-state index contributed by atoms with van der Waals surface area (Å²) in [6, 6.07) is 9.78. The Labute approximate surface area is 156 Å². The first-order chi connectivity index (χ1) is 12.8. The van der Waals surface area contributed by atoms with E-state index >= 15 is 0 Å². The fourth-order valence-electron chi connectivity index (χ4n) is 3.38. The van der Waals surface area contributed by atoms with E-state index in [0.717, 1.165) is 40.7 Å². The van der Waals surface area contributed by atoms with Crippen LogP contribution in [0.5, 0.6) is 0 Å². The van der Waals surface area contributed by atoms with Crippen LogP contribution in [0.2, 0.25) is 5.02 Å². The van der Waals surface area contributed by atoms with Crippen LogP contribution in [0.15, 0.2) is 55.1 Å². The molecule has 3 aromatic heterocycles. The Bertz CT molecular complexity index is 1080. The fraction of sp³-hybridized carbons (Fsp3) is 0.250.